The van der Waals surface area contributed by atoms with Crippen molar-refractivity contribution in [2.75, 3.05) is 13.1 Å². The van der Waals surface area contributed by atoms with E-state index in [-0.39, 0.29) is 19.6 Å². The molecule has 3 rings (SSSR count). The number of hydrogen-bond acceptors (Lipinski definition) is 3. The largest absolute Gasteiger partial charge is 0.392 e. The molecular formula is C19H27F2N3O. The number of piperidine rings is 1. The Hall–Kier alpha value is -1.53. The Morgan fingerprint density at radius 2 is 2.08 bits per heavy atom. The molecule has 0 unspecified atom stereocenters. The number of aliphatic hydroxyl groups excluding tert-OH is 1. The van der Waals surface area contributed by atoms with E-state index in [1.807, 2.05) is 23.7 Å². The van der Waals surface area contributed by atoms with Crippen molar-refractivity contribution < 1.29 is 13.9 Å². The molecule has 1 fully saturated rings. The molecule has 2 heterocycles. The number of benzene rings is 1. The predicted octanol–water partition coefficient (Wildman–Crippen LogP) is 3.72. The van der Waals surface area contributed by atoms with Crippen LogP contribution in [0.2, 0.25) is 0 Å². The third-order valence-electron chi connectivity index (χ3n) is 4.91. The lowest BCUT2D eigenvalue weighted by atomic mass is 10.0. The van der Waals surface area contributed by atoms with Gasteiger partial charge in [0.25, 0.3) is 5.92 Å². The Kier molecular flexibility index (Phi) is 5.11. The summed E-state index contributed by atoms with van der Waals surface area (Å²) < 4.78 is 29.4. The minimum Gasteiger partial charge on any atom is -0.392 e. The Bertz CT molecular complexity index is 755. The summed E-state index contributed by atoms with van der Waals surface area (Å²) in [5.74, 6) is -2.18. The summed E-state index contributed by atoms with van der Waals surface area (Å²) in [5, 5.41) is 15.3. The van der Waals surface area contributed by atoms with Gasteiger partial charge in [-0.3, -0.25) is 9.58 Å². The number of aliphatic hydroxyl groups is 1. The van der Waals surface area contributed by atoms with E-state index < -0.39 is 5.92 Å². The second-order valence-corrected chi connectivity index (χ2v) is 7.60. The van der Waals surface area contributed by atoms with Gasteiger partial charge in [0, 0.05) is 24.9 Å². The topological polar surface area (TPSA) is 41.3 Å². The minimum atomic E-state index is -2.60. The highest BCUT2D eigenvalue weighted by Crippen LogP contribution is 2.30. The van der Waals surface area contributed by atoms with Crippen LogP contribution >= 0.6 is 0 Å². The van der Waals surface area contributed by atoms with Gasteiger partial charge in [0.1, 0.15) is 0 Å². The molecule has 0 saturated carbocycles. The van der Waals surface area contributed by atoms with Crippen LogP contribution in [0.5, 0.6) is 0 Å². The van der Waals surface area contributed by atoms with Crippen molar-refractivity contribution in [3.63, 3.8) is 0 Å². The van der Waals surface area contributed by atoms with Crippen LogP contribution in [-0.4, -0.2) is 38.8 Å². The van der Waals surface area contributed by atoms with E-state index in [1.165, 1.54) is 0 Å². The molecule has 138 valence electrons. The molecule has 1 aliphatic rings. The number of nitrogens with zero attached hydrogens (tertiary/aromatic N) is 3. The molecule has 1 saturated heterocycles. The minimum absolute atomic E-state index is 0.0116. The van der Waals surface area contributed by atoms with Crippen molar-refractivity contribution in [1.29, 1.82) is 0 Å². The van der Waals surface area contributed by atoms with Crippen LogP contribution in [-0.2, 0) is 19.7 Å². The van der Waals surface area contributed by atoms with E-state index in [0.29, 0.717) is 25.4 Å². The molecular weight excluding hydrogens is 324 g/mol. The maximum Gasteiger partial charge on any atom is 0.260 e. The smallest absolute Gasteiger partial charge is 0.260 e. The molecule has 0 amide bonds. The van der Waals surface area contributed by atoms with Crippen LogP contribution in [0.15, 0.2) is 12.1 Å². The first kappa shape index (κ1) is 18.3. The van der Waals surface area contributed by atoms with Crippen LogP contribution in [0.1, 0.15) is 43.5 Å². The molecule has 4 nitrogen and oxygen atoms in total. The van der Waals surface area contributed by atoms with E-state index in [9.17, 15) is 13.9 Å². The molecule has 1 aliphatic heterocycles. The molecule has 0 atom stereocenters. The number of likely N-dealkylation sites (tertiary alicyclic amines) is 1. The van der Waals surface area contributed by atoms with Gasteiger partial charge < -0.3 is 5.11 Å². The van der Waals surface area contributed by atoms with Gasteiger partial charge in [-0.25, -0.2) is 8.78 Å². The second-order valence-electron chi connectivity index (χ2n) is 7.60. The van der Waals surface area contributed by atoms with E-state index in [0.717, 1.165) is 34.3 Å². The summed E-state index contributed by atoms with van der Waals surface area (Å²) in [6.45, 7) is 7.93. The van der Waals surface area contributed by atoms with Gasteiger partial charge in [0.15, 0.2) is 0 Å². The number of alkyl halides is 2. The molecule has 2 aromatic rings. The number of halogens is 2. The third kappa shape index (κ3) is 3.85. The zero-order valence-electron chi connectivity index (χ0n) is 15.2. The van der Waals surface area contributed by atoms with Gasteiger partial charge in [-0.2, -0.15) is 5.10 Å². The number of hydrogen-bond donors (Lipinski definition) is 1. The molecule has 6 heteroatoms. The van der Waals surface area contributed by atoms with E-state index >= 15 is 0 Å². The van der Waals surface area contributed by atoms with Gasteiger partial charge in [0.05, 0.1) is 24.4 Å². The quantitative estimate of drug-likeness (QED) is 0.892. The second kappa shape index (κ2) is 7.00. The number of rotatable bonds is 5. The third-order valence-corrected chi connectivity index (χ3v) is 4.91. The number of fused-ring (bicyclic) bond motifs is 1. The lowest BCUT2D eigenvalue weighted by molar-refractivity contribution is -0.0663. The fraction of sp³-hybridized carbons (Fsp3) is 0.632. The zero-order valence-corrected chi connectivity index (χ0v) is 15.2. The Balaban J connectivity index is 1.99. The average molecular weight is 351 g/mol. The molecule has 0 spiro atoms. The monoisotopic (exact) mass is 351 g/mol. The van der Waals surface area contributed by atoms with Crippen molar-refractivity contribution in [1.82, 2.24) is 14.7 Å². The van der Waals surface area contributed by atoms with E-state index in [1.54, 1.807) is 4.90 Å². The van der Waals surface area contributed by atoms with Gasteiger partial charge >= 0.3 is 0 Å². The highest BCUT2D eigenvalue weighted by Gasteiger charge is 2.35. The Labute approximate surface area is 147 Å². The summed E-state index contributed by atoms with van der Waals surface area (Å²) in [5.41, 5.74) is 3.76. The van der Waals surface area contributed by atoms with Gasteiger partial charge in [-0.05, 0) is 36.9 Å². The normalized spacial score (nSPS) is 18.4. The van der Waals surface area contributed by atoms with Gasteiger partial charge in [0.2, 0.25) is 0 Å². The Morgan fingerprint density at radius 1 is 1.32 bits per heavy atom. The van der Waals surface area contributed by atoms with Crippen molar-refractivity contribution in [3.05, 3.63) is 29.0 Å². The molecule has 0 aliphatic carbocycles. The SMILES string of the molecule is Cc1c(CO)ccc2c(CN3CCCC(F)(F)C3)nn(CC(C)C)c12. The highest BCUT2D eigenvalue weighted by molar-refractivity contribution is 5.86. The fourth-order valence-electron chi connectivity index (χ4n) is 3.72. The van der Waals surface area contributed by atoms with Gasteiger partial charge in [-0.1, -0.05) is 26.0 Å². The molecule has 1 N–H and O–H groups in total. The van der Waals surface area contributed by atoms with Crippen LogP contribution in [0.3, 0.4) is 0 Å². The summed E-state index contributed by atoms with van der Waals surface area (Å²) in [4.78, 5) is 1.81. The van der Waals surface area contributed by atoms with Crippen molar-refractivity contribution in [3.8, 4) is 0 Å². The van der Waals surface area contributed by atoms with Crippen LogP contribution < -0.4 is 0 Å². The summed E-state index contributed by atoms with van der Waals surface area (Å²) >= 11 is 0. The maximum absolute atomic E-state index is 13.7. The standard InChI is InChI=1S/C19H27F2N3O/c1-13(2)9-24-18-14(3)15(11-25)5-6-16(18)17(22-24)10-23-8-4-7-19(20,21)12-23/h5-6,13,25H,4,7-12H2,1-3H3. The van der Waals surface area contributed by atoms with Crippen LogP contribution in [0.25, 0.3) is 10.9 Å². The lowest BCUT2D eigenvalue weighted by Crippen LogP contribution is -2.42. The van der Waals surface area contributed by atoms with Crippen molar-refractivity contribution in [2.45, 2.75) is 59.2 Å². The van der Waals surface area contributed by atoms with Crippen molar-refractivity contribution in [2.24, 2.45) is 5.92 Å². The van der Waals surface area contributed by atoms with E-state index in [2.05, 4.69) is 13.8 Å². The van der Waals surface area contributed by atoms with Crippen LogP contribution in [0, 0.1) is 12.8 Å². The fourth-order valence-corrected chi connectivity index (χ4v) is 3.72. The van der Waals surface area contributed by atoms with Gasteiger partial charge in [-0.15, -0.1) is 0 Å². The molecule has 0 bridgehead atoms. The average Bonchev–Trinajstić information content (AvgIpc) is 2.84. The first-order valence-electron chi connectivity index (χ1n) is 8.99. The van der Waals surface area contributed by atoms with E-state index in [4.69, 9.17) is 5.10 Å². The summed E-state index contributed by atoms with van der Waals surface area (Å²) in [7, 11) is 0. The Morgan fingerprint density at radius 3 is 2.72 bits per heavy atom. The highest BCUT2D eigenvalue weighted by atomic mass is 19.3. The maximum atomic E-state index is 13.7. The molecule has 0 radical (unpaired) electrons. The molecule has 1 aromatic heterocycles. The first-order chi connectivity index (χ1) is 11.8. The van der Waals surface area contributed by atoms with Crippen LogP contribution in [0.4, 0.5) is 8.78 Å². The number of aromatic nitrogens is 2. The molecule has 1 aromatic carbocycles. The zero-order chi connectivity index (χ0) is 18.2. The first-order valence-corrected chi connectivity index (χ1v) is 8.99. The van der Waals surface area contributed by atoms with Crippen molar-refractivity contribution >= 4 is 10.9 Å². The summed E-state index contributed by atoms with van der Waals surface area (Å²) in [6.07, 6.45) is 0.496. The molecule has 25 heavy (non-hydrogen) atoms. The summed E-state index contributed by atoms with van der Waals surface area (Å²) in [6, 6.07) is 3.88. The lowest BCUT2D eigenvalue weighted by Gasteiger charge is -2.31. The number of aryl methyl sites for hydroxylation is 1. The predicted molar refractivity (Wildman–Crippen MR) is 94.7 cm³/mol.